The predicted molar refractivity (Wildman–Crippen MR) is 173 cm³/mol. The van der Waals surface area contributed by atoms with E-state index in [1.54, 1.807) is 46.7 Å². The van der Waals surface area contributed by atoms with Crippen LogP contribution in [-0.4, -0.2) is 106 Å². The van der Waals surface area contributed by atoms with Gasteiger partial charge in [0.2, 0.25) is 5.91 Å². The number of carbonyl (C=O) groups is 2. The number of rotatable bonds is 9. The summed E-state index contributed by atoms with van der Waals surface area (Å²) in [7, 11) is 1.83. The summed E-state index contributed by atoms with van der Waals surface area (Å²) in [6.07, 6.45) is 12.4. The van der Waals surface area contributed by atoms with Crippen LogP contribution in [-0.2, 0) is 16.1 Å². The van der Waals surface area contributed by atoms with Gasteiger partial charge in [-0.1, -0.05) is 0 Å². The molecule has 1 saturated heterocycles. The summed E-state index contributed by atoms with van der Waals surface area (Å²) in [5, 5.41) is 20.4. The van der Waals surface area contributed by atoms with E-state index in [2.05, 4.69) is 26.4 Å². The molecule has 47 heavy (non-hydrogen) atoms. The zero-order valence-electron chi connectivity index (χ0n) is 26.3. The second-order valence-electron chi connectivity index (χ2n) is 11.9. The first-order valence-corrected chi connectivity index (χ1v) is 16.8. The number of ether oxygens (including phenoxy) is 1. The third-order valence-corrected chi connectivity index (χ3v) is 9.78. The molecule has 4 aliphatic rings. The Hall–Kier alpha value is -4.26. The number of hydrogen-bond acceptors (Lipinski definition) is 10. The number of hydrazine groups is 1. The number of carbonyl (C=O) groups excluding carboxylic acids is 2. The molecule has 0 spiro atoms. The summed E-state index contributed by atoms with van der Waals surface area (Å²) < 4.78 is 33.2. The van der Waals surface area contributed by atoms with Gasteiger partial charge >= 0.3 is 6.61 Å². The maximum absolute atomic E-state index is 13.7. The van der Waals surface area contributed by atoms with Crippen molar-refractivity contribution in [3.05, 3.63) is 48.1 Å². The van der Waals surface area contributed by atoms with Gasteiger partial charge in [-0.3, -0.25) is 24.2 Å². The average molecular weight is 666 g/mol. The molecule has 0 atom stereocenters. The lowest BCUT2D eigenvalue weighted by atomic mass is 9.86. The Morgan fingerprint density at radius 1 is 1.17 bits per heavy atom. The van der Waals surface area contributed by atoms with Gasteiger partial charge in [-0.05, 0) is 56.2 Å². The van der Waals surface area contributed by atoms with Crippen LogP contribution in [0.2, 0.25) is 0 Å². The number of benzene rings is 1. The van der Waals surface area contributed by atoms with Gasteiger partial charge in [-0.15, -0.1) is 11.8 Å². The maximum Gasteiger partial charge on any atom is 0.387 e. The van der Waals surface area contributed by atoms with E-state index in [-0.39, 0.29) is 41.1 Å². The van der Waals surface area contributed by atoms with Gasteiger partial charge in [0.25, 0.3) is 5.91 Å². The Morgan fingerprint density at radius 3 is 2.64 bits per heavy atom. The molecule has 2 amide bonds. The molecule has 2 fully saturated rings. The van der Waals surface area contributed by atoms with Crippen LogP contribution in [0.3, 0.4) is 0 Å². The number of nitriles is 1. The molecule has 12 nitrogen and oxygen atoms in total. The summed E-state index contributed by atoms with van der Waals surface area (Å²) in [5.41, 5.74) is 1.14. The number of hydrogen-bond donors (Lipinski definition) is 1. The van der Waals surface area contributed by atoms with E-state index >= 15 is 0 Å². The molecule has 15 heteroatoms. The fourth-order valence-electron chi connectivity index (χ4n) is 6.56. The van der Waals surface area contributed by atoms with Crippen LogP contribution in [0, 0.1) is 17.2 Å². The van der Waals surface area contributed by atoms with E-state index in [4.69, 9.17) is 4.74 Å². The normalized spacial score (nSPS) is 21.7. The van der Waals surface area contributed by atoms with E-state index < -0.39 is 12.5 Å². The summed E-state index contributed by atoms with van der Waals surface area (Å²) in [6.45, 7) is -0.189. The van der Waals surface area contributed by atoms with Gasteiger partial charge in [0.1, 0.15) is 18.0 Å². The van der Waals surface area contributed by atoms with Gasteiger partial charge in [0.05, 0.1) is 23.9 Å². The van der Waals surface area contributed by atoms with Crippen LogP contribution < -0.4 is 10.1 Å². The monoisotopic (exact) mass is 665 g/mol. The topological polar surface area (TPSA) is 122 Å². The minimum Gasteiger partial charge on any atom is -0.434 e. The molecule has 1 aromatic heterocycles. The first kappa shape index (κ1) is 32.7. The Morgan fingerprint density at radius 2 is 1.94 bits per heavy atom. The standard InChI is InChI=1S/C32H37F2N9O3S/c1-39-18-25(30-36-10-3-11-43(30)39)31(45)37-26-19-42(38-29(26)24-16-23(47-2)8-9-27(24)46-32(33)34)20-28(44)41-14-12-40(13-15-41)22-6-4-21(17-35)5-7-22/h3,8-11,16,19,21-22,32H,4-7,12-15,18,20H2,1-2H3,(H,37,45). The Labute approximate surface area is 276 Å². The number of nitrogens with one attached hydrogen (secondary N) is 1. The number of aromatic nitrogens is 2. The van der Waals surface area contributed by atoms with Crippen LogP contribution in [0.1, 0.15) is 25.7 Å². The molecule has 6 rings (SSSR count). The number of anilines is 1. The van der Waals surface area contributed by atoms with Crippen LogP contribution in [0.15, 0.2) is 58.0 Å². The molecule has 3 aliphatic heterocycles. The lowest BCUT2D eigenvalue weighted by Crippen LogP contribution is -2.53. The van der Waals surface area contributed by atoms with Crippen molar-refractivity contribution in [1.29, 1.82) is 5.26 Å². The van der Waals surface area contributed by atoms with E-state index in [9.17, 15) is 23.6 Å². The maximum atomic E-state index is 13.7. The molecule has 1 aliphatic carbocycles. The number of thioether (sulfide) groups is 1. The van der Waals surface area contributed by atoms with Crippen LogP contribution in [0.5, 0.6) is 5.75 Å². The number of alkyl halides is 2. The quantitative estimate of drug-likeness (QED) is 0.396. The van der Waals surface area contributed by atoms with E-state index in [0.29, 0.717) is 37.1 Å². The highest BCUT2D eigenvalue weighted by molar-refractivity contribution is 7.98. The van der Waals surface area contributed by atoms with Crippen molar-refractivity contribution in [2.24, 2.45) is 10.9 Å². The van der Waals surface area contributed by atoms with Gasteiger partial charge in [-0.25, -0.2) is 10.0 Å². The molecular formula is C32H37F2N9O3S. The smallest absolute Gasteiger partial charge is 0.387 e. The molecular weight excluding hydrogens is 628 g/mol. The first-order chi connectivity index (χ1) is 22.7. The second kappa shape index (κ2) is 14.2. The molecule has 2 aromatic rings. The van der Waals surface area contributed by atoms with Crippen LogP contribution in [0.4, 0.5) is 14.5 Å². The molecule has 0 bridgehead atoms. The molecule has 0 radical (unpaired) electrons. The average Bonchev–Trinajstić information content (AvgIpc) is 3.64. The number of piperazine rings is 1. The minimum atomic E-state index is -3.07. The summed E-state index contributed by atoms with van der Waals surface area (Å²) in [5.74, 6) is -0.0202. The van der Waals surface area contributed by atoms with Crippen molar-refractivity contribution in [3.63, 3.8) is 0 Å². The van der Waals surface area contributed by atoms with Gasteiger partial charge < -0.3 is 15.0 Å². The van der Waals surface area contributed by atoms with Crippen LogP contribution in [0.25, 0.3) is 11.3 Å². The summed E-state index contributed by atoms with van der Waals surface area (Å²) in [6, 6.07) is 7.63. The van der Waals surface area contributed by atoms with Gasteiger partial charge in [0.15, 0.2) is 5.82 Å². The number of aliphatic imine (C=N–C) groups is 1. The fraction of sp³-hybridized carbons (Fsp3) is 0.469. The fourth-order valence-corrected chi connectivity index (χ4v) is 7.00. The molecule has 1 aromatic carbocycles. The number of nitrogens with zero attached hydrogens (tertiary/aromatic N) is 8. The third-order valence-electron chi connectivity index (χ3n) is 9.05. The van der Waals surface area contributed by atoms with Crippen molar-refractivity contribution in [2.75, 3.05) is 51.3 Å². The molecule has 1 saturated carbocycles. The Balaban J connectivity index is 1.23. The van der Waals surface area contributed by atoms with Crippen molar-refractivity contribution in [3.8, 4) is 23.1 Å². The van der Waals surface area contributed by atoms with E-state index in [1.165, 1.54) is 22.5 Å². The molecule has 4 heterocycles. The predicted octanol–water partition coefficient (Wildman–Crippen LogP) is 4.01. The van der Waals surface area contributed by atoms with Crippen molar-refractivity contribution >= 4 is 35.5 Å². The molecule has 1 N–H and O–H groups in total. The highest BCUT2D eigenvalue weighted by atomic mass is 32.2. The highest BCUT2D eigenvalue weighted by Gasteiger charge is 2.33. The van der Waals surface area contributed by atoms with Gasteiger partial charge in [-0.2, -0.15) is 19.1 Å². The van der Waals surface area contributed by atoms with Crippen molar-refractivity contribution in [1.82, 2.24) is 29.6 Å². The molecule has 0 unspecified atom stereocenters. The Kier molecular flexibility index (Phi) is 9.90. The van der Waals surface area contributed by atoms with E-state index in [1.807, 2.05) is 18.3 Å². The zero-order chi connectivity index (χ0) is 33.1. The van der Waals surface area contributed by atoms with Crippen LogP contribution >= 0.6 is 11.8 Å². The van der Waals surface area contributed by atoms with Gasteiger partial charge in [0, 0.05) is 74.3 Å². The number of halogens is 2. The Bertz CT molecular complexity index is 1640. The van der Waals surface area contributed by atoms with E-state index in [0.717, 1.165) is 43.7 Å². The second-order valence-corrected chi connectivity index (χ2v) is 12.8. The summed E-state index contributed by atoms with van der Waals surface area (Å²) >= 11 is 1.42. The lowest BCUT2D eigenvalue weighted by molar-refractivity contribution is -0.134. The lowest BCUT2D eigenvalue weighted by Gasteiger charge is -2.41. The number of amides is 2. The molecule has 248 valence electrons. The number of fused-ring (bicyclic) bond motifs is 1. The highest BCUT2D eigenvalue weighted by Crippen LogP contribution is 2.38. The minimum absolute atomic E-state index is 0.0943. The largest absolute Gasteiger partial charge is 0.434 e. The van der Waals surface area contributed by atoms with Crippen molar-refractivity contribution in [2.45, 2.75) is 49.8 Å². The first-order valence-electron chi connectivity index (χ1n) is 15.6. The zero-order valence-corrected chi connectivity index (χ0v) is 27.1. The number of allylic oxidation sites excluding steroid dienone is 1. The summed E-state index contributed by atoms with van der Waals surface area (Å²) in [4.78, 5) is 36.5. The number of likely N-dealkylation sites (N-methyl/N-ethyl adjacent to an activating group) is 1. The third kappa shape index (κ3) is 7.19. The van der Waals surface area contributed by atoms with Crippen molar-refractivity contribution < 1.29 is 23.1 Å². The SMILES string of the molecule is CSc1ccc(OC(F)F)c(-c2nn(CC(=O)N3CCN(C4CCC(C#N)CC4)CC3)cc2NC(=O)C2=C3N=CC=CN3N(C)C2)c1.